The molecule has 1 unspecified atom stereocenters. The minimum absolute atomic E-state index is 0.0586. The van der Waals surface area contributed by atoms with Crippen molar-refractivity contribution >= 4 is 28.7 Å². The van der Waals surface area contributed by atoms with E-state index in [1.807, 2.05) is 24.3 Å². The Kier molecular flexibility index (Phi) is 5.15. The first-order valence-corrected chi connectivity index (χ1v) is 9.54. The number of nitrogens with zero attached hydrogens (tertiary/aromatic N) is 2. The van der Waals surface area contributed by atoms with Crippen molar-refractivity contribution in [2.45, 2.75) is 43.5 Å². The van der Waals surface area contributed by atoms with Gasteiger partial charge in [0.15, 0.2) is 0 Å². The monoisotopic (exact) mass is 347 g/mol. The van der Waals surface area contributed by atoms with Crippen molar-refractivity contribution in [2.24, 2.45) is 0 Å². The third-order valence-corrected chi connectivity index (χ3v) is 5.88. The molecule has 0 aliphatic heterocycles. The van der Waals surface area contributed by atoms with Crippen LogP contribution in [0.3, 0.4) is 0 Å². The average Bonchev–Trinajstić information content (AvgIpc) is 3.18. The molecular formula is C18H25N3O2S. The van der Waals surface area contributed by atoms with Crippen LogP contribution in [0.1, 0.15) is 43.7 Å². The molecule has 1 aromatic carbocycles. The fourth-order valence-corrected chi connectivity index (χ4v) is 4.15. The van der Waals surface area contributed by atoms with E-state index in [0.29, 0.717) is 12.3 Å². The van der Waals surface area contributed by atoms with Gasteiger partial charge >= 0.3 is 0 Å². The van der Waals surface area contributed by atoms with Gasteiger partial charge in [0.05, 0.1) is 27.6 Å². The zero-order chi connectivity index (χ0) is 17.2. The van der Waals surface area contributed by atoms with Gasteiger partial charge in [0.25, 0.3) is 0 Å². The number of thioether (sulfide) groups is 1. The fraction of sp³-hybridized carbons (Fsp3) is 0.556. The summed E-state index contributed by atoms with van der Waals surface area (Å²) in [4.78, 5) is 21.9. The molecule has 0 spiro atoms. The summed E-state index contributed by atoms with van der Waals surface area (Å²) in [6.07, 6.45) is 3.70. The number of benzene rings is 1. The highest BCUT2D eigenvalue weighted by Crippen LogP contribution is 2.31. The van der Waals surface area contributed by atoms with Crippen molar-refractivity contribution in [2.75, 3.05) is 19.3 Å². The lowest BCUT2D eigenvalue weighted by Crippen LogP contribution is -2.42. The summed E-state index contributed by atoms with van der Waals surface area (Å²) in [5.41, 5.74) is 1.29. The SMILES string of the molecule is CC(SCC(=O)N(C)CC1(O)CCCC1)c1nc2ccccc2[nH]1. The number of para-hydroxylation sites is 2. The van der Waals surface area contributed by atoms with Crippen LogP contribution in [0.4, 0.5) is 0 Å². The van der Waals surface area contributed by atoms with Crippen LogP contribution < -0.4 is 0 Å². The van der Waals surface area contributed by atoms with Gasteiger partial charge in [0.2, 0.25) is 5.91 Å². The molecule has 5 nitrogen and oxygen atoms in total. The van der Waals surface area contributed by atoms with E-state index in [4.69, 9.17) is 0 Å². The second-order valence-electron chi connectivity index (χ2n) is 6.77. The Labute approximate surface area is 146 Å². The largest absolute Gasteiger partial charge is 0.388 e. The van der Waals surface area contributed by atoms with E-state index in [-0.39, 0.29) is 11.2 Å². The molecule has 3 rings (SSSR count). The van der Waals surface area contributed by atoms with Crippen LogP contribution in [-0.2, 0) is 4.79 Å². The van der Waals surface area contributed by atoms with Gasteiger partial charge in [-0.3, -0.25) is 4.79 Å². The molecule has 1 saturated carbocycles. The number of nitrogens with one attached hydrogen (secondary N) is 1. The molecule has 130 valence electrons. The number of carbonyl (C=O) groups excluding carboxylic acids is 1. The molecular weight excluding hydrogens is 322 g/mol. The molecule has 2 aromatic rings. The predicted molar refractivity (Wildman–Crippen MR) is 98.0 cm³/mol. The Balaban J connectivity index is 1.53. The smallest absolute Gasteiger partial charge is 0.232 e. The van der Waals surface area contributed by atoms with Gasteiger partial charge in [-0.25, -0.2) is 4.98 Å². The first kappa shape index (κ1) is 17.3. The van der Waals surface area contributed by atoms with E-state index in [1.165, 1.54) is 0 Å². The summed E-state index contributed by atoms with van der Waals surface area (Å²) >= 11 is 1.57. The summed E-state index contributed by atoms with van der Waals surface area (Å²) in [5, 5.41) is 10.5. The number of hydrogen-bond donors (Lipinski definition) is 2. The number of aromatic nitrogens is 2. The lowest BCUT2D eigenvalue weighted by atomic mass is 10.0. The number of H-pyrrole nitrogens is 1. The van der Waals surface area contributed by atoms with Gasteiger partial charge in [0, 0.05) is 13.6 Å². The van der Waals surface area contributed by atoms with Gasteiger partial charge in [-0.05, 0) is 31.9 Å². The summed E-state index contributed by atoms with van der Waals surface area (Å²) < 4.78 is 0. The molecule has 1 aliphatic rings. The first-order valence-electron chi connectivity index (χ1n) is 8.49. The quantitative estimate of drug-likeness (QED) is 0.842. The van der Waals surface area contributed by atoms with E-state index < -0.39 is 5.60 Å². The molecule has 2 N–H and O–H groups in total. The number of likely N-dealkylation sites (N-methyl/N-ethyl adjacent to an activating group) is 1. The lowest BCUT2D eigenvalue weighted by molar-refractivity contribution is -0.130. The highest BCUT2D eigenvalue weighted by molar-refractivity contribution is 8.00. The molecule has 0 radical (unpaired) electrons. The van der Waals surface area contributed by atoms with E-state index >= 15 is 0 Å². The van der Waals surface area contributed by atoms with Crippen LogP contribution in [0.25, 0.3) is 11.0 Å². The molecule has 0 saturated heterocycles. The van der Waals surface area contributed by atoms with Crippen LogP contribution in [-0.4, -0.2) is 50.8 Å². The zero-order valence-corrected chi connectivity index (χ0v) is 15.1. The van der Waals surface area contributed by atoms with Gasteiger partial charge in [-0.2, -0.15) is 0 Å². The maximum atomic E-state index is 12.3. The summed E-state index contributed by atoms with van der Waals surface area (Å²) in [7, 11) is 1.78. The molecule has 6 heteroatoms. The minimum atomic E-state index is -0.681. The predicted octanol–water partition coefficient (Wildman–Crippen LogP) is 3.12. The number of hydrogen-bond acceptors (Lipinski definition) is 4. The zero-order valence-electron chi connectivity index (χ0n) is 14.3. The average molecular weight is 347 g/mol. The molecule has 0 bridgehead atoms. The first-order chi connectivity index (χ1) is 11.5. The van der Waals surface area contributed by atoms with Gasteiger partial charge in [0.1, 0.15) is 5.82 Å². The minimum Gasteiger partial charge on any atom is -0.388 e. The van der Waals surface area contributed by atoms with E-state index in [0.717, 1.165) is 42.5 Å². The standard InChI is InChI=1S/C18H25N3O2S/c1-13(17-19-14-7-3-4-8-15(14)20-17)24-11-16(22)21(2)12-18(23)9-5-6-10-18/h3-4,7-8,13,23H,5-6,9-12H2,1-2H3,(H,19,20). The summed E-state index contributed by atoms with van der Waals surface area (Å²) in [6, 6.07) is 7.93. The van der Waals surface area contributed by atoms with Crippen LogP contribution in [0.15, 0.2) is 24.3 Å². The number of aliphatic hydroxyl groups is 1. The summed E-state index contributed by atoms with van der Waals surface area (Å²) in [5.74, 6) is 1.35. The van der Waals surface area contributed by atoms with Crippen molar-refractivity contribution < 1.29 is 9.90 Å². The molecule has 1 atom stereocenters. The Bertz CT molecular complexity index is 676. The van der Waals surface area contributed by atoms with Crippen molar-refractivity contribution in [1.82, 2.24) is 14.9 Å². The maximum absolute atomic E-state index is 12.3. The lowest BCUT2D eigenvalue weighted by Gasteiger charge is -2.28. The summed E-state index contributed by atoms with van der Waals surface area (Å²) in [6.45, 7) is 2.49. The van der Waals surface area contributed by atoms with Gasteiger partial charge in [-0.15, -0.1) is 11.8 Å². The van der Waals surface area contributed by atoms with E-state index in [2.05, 4.69) is 16.9 Å². The Hall–Kier alpha value is -1.53. The fourth-order valence-electron chi connectivity index (χ4n) is 3.27. The number of rotatable bonds is 6. The van der Waals surface area contributed by atoms with Crippen LogP contribution in [0, 0.1) is 0 Å². The molecule has 1 aliphatic carbocycles. The van der Waals surface area contributed by atoms with E-state index in [1.54, 1.807) is 23.7 Å². The number of amides is 1. The Morgan fingerprint density at radius 3 is 2.83 bits per heavy atom. The molecule has 1 fully saturated rings. The second kappa shape index (κ2) is 7.15. The number of aromatic amines is 1. The highest BCUT2D eigenvalue weighted by Gasteiger charge is 2.33. The van der Waals surface area contributed by atoms with Crippen molar-refractivity contribution in [1.29, 1.82) is 0 Å². The third-order valence-electron chi connectivity index (χ3n) is 4.74. The van der Waals surface area contributed by atoms with Gasteiger partial charge < -0.3 is 15.0 Å². The van der Waals surface area contributed by atoms with Crippen molar-refractivity contribution in [3.05, 3.63) is 30.1 Å². The molecule has 1 aromatic heterocycles. The van der Waals surface area contributed by atoms with Gasteiger partial charge in [-0.1, -0.05) is 25.0 Å². The van der Waals surface area contributed by atoms with Crippen molar-refractivity contribution in [3.63, 3.8) is 0 Å². The van der Waals surface area contributed by atoms with E-state index in [9.17, 15) is 9.90 Å². The molecule has 1 amide bonds. The van der Waals surface area contributed by atoms with Crippen LogP contribution in [0.5, 0.6) is 0 Å². The van der Waals surface area contributed by atoms with Crippen LogP contribution in [0.2, 0.25) is 0 Å². The Morgan fingerprint density at radius 1 is 1.42 bits per heavy atom. The highest BCUT2D eigenvalue weighted by atomic mass is 32.2. The Morgan fingerprint density at radius 2 is 2.12 bits per heavy atom. The number of imidazole rings is 1. The molecule has 24 heavy (non-hydrogen) atoms. The maximum Gasteiger partial charge on any atom is 0.232 e. The molecule has 1 heterocycles. The van der Waals surface area contributed by atoms with Crippen molar-refractivity contribution in [3.8, 4) is 0 Å². The second-order valence-corrected chi connectivity index (χ2v) is 8.10. The third kappa shape index (κ3) is 3.92. The number of fused-ring (bicyclic) bond motifs is 1. The number of carbonyl (C=O) groups is 1. The normalized spacial score (nSPS) is 18.0. The van der Waals surface area contributed by atoms with Crippen LogP contribution >= 0.6 is 11.8 Å². The topological polar surface area (TPSA) is 69.2 Å².